The van der Waals surface area contributed by atoms with E-state index in [0.29, 0.717) is 22.7 Å². The van der Waals surface area contributed by atoms with Gasteiger partial charge in [-0.05, 0) is 37.1 Å². The van der Waals surface area contributed by atoms with Gasteiger partial charge in [0.25, 0.3) is 0 Å². The minimum absolute atomic E-state index is 0.0506. The first-order chi connectivity index (χ1) is 14.9. The van der Waals surface area contributed by atoms with Gasteiger partial charge < -0.3 is 20.1 Å². The van der Waals surface area contributed by atoms with E-state index in [2.05, 4.69) is 10.6 Å². The van der Waals surface area contributed by atoms with Gasteiger partial charge in [-0.25, -0.2) is 9.59 Å². The van der Waals surface area contributed by atoms with Gasteiger partial charge in [0.05, 0.1) is 30.1 Å². The van der Waals surface area contributed by atoms with Crippen LogP contribution in [0.3, 0.4) is 0 Å². The Morgan fingerprint density at radius 1 is 1.16 bits per heavy atom. The molecular formula is C23H23N3O5. The smallest absolute Gasteiger partial charge is 0.338 e. The Hall–Kier alpha value is -3.81. The number of esters is 1. The van der Waals surface area contributed by atoms with E-state index < -0.39 is 23.9 Å². The fourth-order valence-electron chi connectivity index (χ4n) is 3.74. The van der Waals surface area contributed by atoms with E-state index in [4.69, 9.17) is 9.47 Å². The predicted octanol–water partition coefficient (Wildman–Crippen LogP) is 2.83. The molecule has 0 aliphatic carbocycles. The fourth-order valence-corrected chi connectivity index (χ4v) is 3.74. The van der Waals surface area contributed by atoms with Gasteiger partial charge >= 0.3 is 12.0 Å². The largest absolute Gasteiger partial charge is 0.495 e. The zero-order chi connectivity index (χ0) is 22.1. The van der Waals surface area contributed by atoms with Crippen LogP contribution in [-0.4, -0.2) is 43.1 Å². The van der Waals surface area contributed by atoms with Crippen molar-refractivity contribution in [2.45, 2.75) is 19.9 Å². The van der Waals surface area contributed by atoms with Crippen LogP contribution in [0.25, 0.3) is 0 Å². The van der Waals surface area contributed by atoms with Gasteiger partial charge in [-0.2, -0.15) is 0 Å². The molecule has 2 aromatic carbocycles. The molecule has 0 aromatic heterocycles. The number of amides is 3. The number of hydrogen-bond donors (Lipinski definition) is 2. The number of hydrogen-bond acceptors (Lipinski definition) is 5. The highest BCUT2D eigenvalue weighted by molar-refractivity contribution is 6.00. The number of anilines is 1. The highest BCUT2D eigenvalue weighted by Crippen LogP contribution is 2.35. The van der Waals surface area contributed by atoms with Crippen LogP contribution in [-0.2, 0) is 14.3 Å². The summed E-state index contributed by atoms with van der Waals surface area (Å²) in [5, 5.41) is 5.60. The van der Waals surface area contributed by atoms with E-state index in [0.717, 1.165) is 16.7 Å². The summed E-state index contributed by atoms with van der Waals surface area (Å²) in [7, 11) is 1.52. The molecule has 2 aromatic rings. The molecule has 0 fully saturated rings. The SMILES string of the molecule is COc1ccc(C)cc1NC(=O)CN1C(=O)N[C@@H](c2ccc(C)cc2)C2=C1COC2=O. The maximum Gasteiger partial charge on any atom is 0.338 e. The molecule has 2 heterocycles. The topological polar surface area (TPSA) is 97.0 Å². The summed E-state index contributed by atoms with van der Waals surface area (Å²) in [6.45, 7) is 3.54. The van der Waals surface area contributed by atoms with Crippen LogP contribution in [0.1, 0.15) is 22.7 Å². The maximum absolute atomic E-state index is 12.9. The predicted molar refractivity (Wildman–Crippen MR) is 114 cm³/mol. The number of methoxy groups -OCH3 is 1. The lowest BCUT2D eigenvalue weighted by Gasteiger charge is -2.32. The lowest BCUT2D eigenvalue weighted by molar-refractivity contribution is -0.136. The second-order valence-corrected chi connectivity index (χ2v) is 7.57. The number of aryl methyl sites for hydroxylation is 2. The average Bonchev–Trinajstić information content (AvgIpc) is 3.12. The van der Waals surface area contributed by atoms with Crippen LogP contribution in [0.2, 0.25) is 0 Å². The maximum atomic E-state index is 12.9. The van der Waals surface area contributed by atoms with Crippen molar-refractivity contribution >= 4 is 23.6 Å². The standard InChI is InChI=1S/C23H23N3O5/c1-13-4-7-15(8-5-13)21-20-17(12-31-22(20)28)26(23(29)25-21)11-19(27)24-16-10-14(2)6-9-18(16)30-3/h4-10,21H,11-12H2,1-3H3,(H,24,27)(H,25,29)/t21-/m0/s1. The van der Waals surface area contributed by atoms with Crippen molar-refractivity contribution in [3.05, 3.63) is 70.4 Å². The van der Waals surface area contributed by atoms with E-state index >= 15 is 0 Å². The molecule has 160 valence electrons. The third-order valence-corrected chi connectivity index (χ3v) is 5.34. The van der Waals surface area contributed by atoms with Crippen LogP contribution in [0, 0.1) is 13.8 Å². The van der Waals surface area contributed by atoms with E-state index in [1.54, 1.807) is 12.1 Å². The molecule has 0 spiro atoms. The van der Waals surface area contributed by atoms with Gasteiger partial charge in [0.15, 0.2) is 0 Å². The quantitative estimate of drug-likeness (QED) is 0.724. The molecule has 8 nitrogen and oxygen atoms in total. The average molecular weight is 421 g/mol. The van der Waals surface area contributed by atoms with Gasteiger partial charge in [0.1, 0.15) is 18.9 Å². The molecule has 0 bridgehead atoms. The summed E-state index contributed by atoms with van der Waals surface area (Å²) in [6.07, 6.45) is 0. The Balaban J connectivity index is 1.59. The lowest BCUT2D eigenvalue weighted by atomic mass is 9.95. The Labute approximate surface area is 179 Å². The van der Waals surface area contributed by atoms with E-state index in [-0.39, 0.29) is 13.2 Å². The zero-order valence-electron chi connectivity index (χ0n) is 17.5. The molecular weight excluding hydrogens is 398 g/mol. The number of ether oxygens (including phenoxy) is 2. The molecule has 2 N–H and O–H groups in total. The summed E-state index contributed by atoms with van der Waals surface area (Å²) in [5.41, 5.74) is 4.07. The molecule has 0 saturated heterocycles. The van der Waals surface area contributed by atoms with Crippen molar-refractivity contribution < 1.29 is 23.9 Å². The second-order valence-electron chi connectivity index (χ2n) is 7.57. The van der Waals surface area contributed by atoms with Crippen molar-refractivity contribution in [1.29, 1.82) is 0 Å². The fraction of sp³-hybridized carbons (Fsp3) is 0.261. The van der Waals surface area contributed by atoms with Crippen molar-refractivity contribution in [3.8, 4) is 5.75 Å². The molecule has 4 rings (SSSR count). The first kappa shape index (κ1) is 20.5. The second kappa shape index (κ2) is 8.14. The first-order valence-electron chi connectivity index (χ1n) is 9.86. The van der Waals surface area contributed by atoms with Crippen molar-refractivity contribution in [2.75, 3.05) is 25.6 Å². The minimum Gasteiger partial charge on any atom is -0.495 e. The van der Waals surface area contributed by atoms with Gasteiger partial charge in [0, 0.05) is 0 Å². The number of carbonyl (C=O) groups is 3. The Bertz CT molecular complexity index is 1090. The normalized spacial score (nSPS) is 17.8. The number of rotatable bonds is 5. The number of urea groups is 1. The van der Waals surface area contributed by atoms with Crippen LogP contribution < -0.4 is 15.4 Å². The van der Waals surface area contributed by atoms with Gasteiger partial charge in [0.2, 0.25) is 5.91 Å². The van der Waals surface area contributed by atoms with Gasteiger partial charge in [-0.3, -0.25) is 9.69 Å². The summed E-state index contributed by atoms with van der Waals surface area (Å²) in [6, 6.07) is 11.9. The molecule has 0 radical (unpaired) electrons. The van der Waals surface area contributed by atoms with Crippen LogP contribution in [0.5, 0.6) is 5.75 Å². The number of nitrogens with one attached hydrogen (secondary N) is 2. The summed E-state index contributed by atoms with van der Waals surface area (Å²) in [4.78, 5) is 39.3. The molecule has 3 amide bonds. The van der Waals surface area contributed by atoms with Crippen molar-refractivity contribution in [3.63, 3.8) is 0 Å². The van der Waals surface area contributed by atoms with Crippen LogP contribution >= 0.6 is 0 Å². The van der Waals surface area contributed by atoms with Crippen LogP contribution in [0.4, 0.5) is 10.5 Å². The Morgan fingerprint density at radius 2 is 1.87 bits per heavy atom. The van der Waals surface area contributed by atoms with Crippen molar-refractivity contribution in [1.82, 2.24) is 10.2 Å². The third-order valence-electron chi connectivity index (χ3n) is 5.34. The number of nitrogens with zero attached hydrogens (tertiary/aromatic N) is 1. The monoisotopic (exact) mass is 421 g/mol. The highest BCUT2D eigenvalue weighted by Gasteiger charge is 2.42. The van der Waals surface area contributed by atoms with Gasteiger partial charge in [-0.1, -0.05) is 35.9 Å². The highest BCUT2D eigenvalue weighted by atomic mass is 16.5. The lowest BCUT2D eigenvalue weighted by Crippen LogP contribution is -2.49. The molecule has 2 aliphatic heterocycles. The molecule has 2 aliphatic rings. The molecule has 8 heteroatoms. The Kier molecular flexibility index (Phi) is 5.37. The van der Waals surface area contributed by atoms with E-state index in [1.807, 2.05) is 44.2 Å². The number of carbonyl (C=O) groups excluding carboxylic acids is 3. The molecule has 0 saturated carbocycles. The number of benzene rings is 2. The summed E-state index contributed by atoms with van der Waals surface area (Å²) >= 11 is 0. The first-order valence-corrected chi connectivity index (χ1v) is 9.86. The van der Waals surface area contributed by atoms with E-state index in [9.17, 15) is 14.4 Å². The van der Waals surface area contributed by atoms with E-state index in [1.165, 1.54) is 12.0 Å². The van der Waals surface area contributed by atoms with Gasteiger partial charge in [-0.15, -0.1) is 0 Å². The summed E-state index contributed by atoms with van der Waals surface area (Å²) < 4.78 is 10.5. The molecule has 1 atom stereocenters. The third kappa shape index (κ3) is 3.96. The van der Waals surface area contributed by atoms with Crippen molar-refractivity contribution in [2.24, 2.45) is 0 Å². The zero-order valence-corrected chi connectivity index (χ0v) is 17.5. The minimum atomic E-state index is -0.616. The number of cyclic esters (lactones) is 1. The van der Waals surface area contributed by atoms with Crippen LogP contribution in [0.15, 0.2) is 53.7 Å². The summed E-state index contributed by atoms with van der Waals surface area (Å²) in [5.74, 6) is -0.397. The molecule has 31 heavy (non-hydrogen) atoms. The Morgan fingerprint density at radius 3 is 2.58 bits per heavy atom. The molecule has 0 unspecified atom stereocenters.